The summed E-state index contributed by atoms with van der Waals surface area (Å²) in [6.45, 7) is 4.53. The van der Waals surface area contributed by atoms with Gasteiger partial charge in [0.05, 0.1) is 11.7 Å². The number of piperidine rings is 1. The summed E-state index contributed by atoms with van der Waals surface area (Å²) in [5.41, 5.74) is 2.26. The molecule has 1 aromatic heterocycles. The van der Waals surface area contributed by atoms with Crippen LogP contribution in [-0.2, 0) is 21.6 Å². The van der Waals surface area contributed by atoms with Crippen LogP contribution in [0.15, 0.2) is 42.7 Å². The third kappa shape index (κ3) is 4.51. The van der Waals surface area contributed by atoms with Crippen molar-refractivity contribution in [1.82, 2.24) is 14.9 Å². The third-order valence-corrected chi connectivity index (χ3v) is 5.98. The lowest BCUT2D eigenvalue weighted by Gasteiger charge is -2.41. The van der Waals surface area contributed by atoms with Crippen LogP contribution in [0.5, 0.6) is 0 Å². The number of aromatic nitrogens is 2. The lowest BCUT2D eigenvalue weighted by atomic mass is 9.84. The highest BCUT2D eigenvalue weighted by molar-refractivity contribution is 5.26. The van der Waals surface area contributed by atoms with Crippen LogP contribution in [-0.4, -0.2) is 54.3 Å². The molecule has 6 nitrogen and oxygen atoms in total. The van der Waals surface area contributed by atoms with Gasteiger partial charge in [0.15, 0.2) is 0 Å². The zero-order valence-corrected chi connectivity index (χ0v) is 16.6. The molecule has 2 fully saturated rings. The highest BCUT2D eigenvalue weighted by atomic mass is 16.5. The van der Waals surface area contributed by atoms with E-state index >= 15 is 0 Å². The maximum atomic E-state index is 5.98. The summed E-state index contributed by atoms with van der Waals surface area (Å²) in [7, 11) is 1.83. The summed E-state index contributed by atoms with van der Waals surface area (Å²) >= 11 is 0. The Balaban J connectivity index is 1.28. The van der Waals surface area contributed by atoms with Gasteiger partial charge >= 0.3 is 0 Å². The van der Waals surface area contributed by atoms with Crippen LogP contribution in [0.25, 0.3) is 0 Å². The quantitative estimate of drug-likeness (QED) is 0.794. The SMILES string of the molecule is COC1(c2ccccc2)CCN(Cc2cnc(NCC3CCCO3)nc2)CC1. The van der Waals surface area contributed by atoms with E-state index in [-0.39, 0.29) is 5.60 Å². The number of ether oxygens (including phenoxy) is 2. The normalized spacial score (nSPS) is 22.2. The number of rotatable bonds is 7. The van der Waals surface area contributed by atoms with Crippen LogP contribution in [0.2, 0.25) is 0 Å². The standard InChI is InChI=1S/C22H30N4O2/c1-27-22(19-6-3-2-4-7-19)9-11-26(12-10-22)17-18-14-23-21(24-15-18)25-16-20-8-5-13-28-20/h2-4,6-7,14-15,20H,5,8-13,16-17H2,1H3,(H,23,24,25). The molecule has 0 saturated carbocycles. The number of nitrogens with zero attached hydrogens (tertiary/aromatic N) is 3. The van der Waals surface area contributed by atoms with E-state index in [9.17, 15) is 0 Å². The second kappa shape index (κ2) is 8.99. The number of benzene rings is 1. The van der Waals surface area contributed by atoms with Crippen LogP contribution in [0, 0.1) is 0 Å². The predicted octanol–water partition coefficient (Wildman–Crippen LogP) is 3.21. The van der Waals surface area contributed by atoms with Crippen molar-refractivity contribution >= 4 is 5.95 Å². The number of hydrogen-bond acceptors (Lipinski definition) is 6. The molecule has 0 spiro atoms. The number of hydrogen-bond donors (Lipinski definition) is 1. The molecule has 1 N–H and O–H groups in total. The van der Waals surface area contributed by atoms with E-state index in [1.54, 1.807) is 0 Å². The summed E-state index contributed by atoms with van der Waals surface area (Å²) in [6.07, 6.45) is 8.41. The fraction of sp³-hybridized carbons (Fsp3) is 0.545. The van der Waals surface area contributed by atoms with Crippen molar-refractivity contribution in [2.24, 2.45) is 0 Å². The average molecular weight is 383 g/mol. The zero-order chi connectivity index (χ0) is 19.2. The van der Waals surface area contributed by atoms with E-state index in [1.165, 1.54) is 5.56 Å². The van der Waals surface area contributed by atoms with Crippen molar-refractivity contribution in [1.29, 1.82) is 0 Å². The Hall–Kier alpha value is -2.02. The van der Waals surface area contributed by atoms with E-state index in [0.29, 0.717) is 12.1 Å². The molecule has 28 heavy (non-hydrogen) atoms. The van der Waals surface area contributed by atoms with Crippen molar-refractivity contribution in [2.45, 2.75) is 43.9 Å². The molecule has 2 aliphatic heterocycles. The Kier molecular flexibility index (Phi) is 6.20. The van der Waals surface area contributed by atoms with Crippen molar-refractivity contribution in [2.75, 3.05) is 38.7 Å². The topological polar surface area (TPSA) is 59.5 Å². The highest BCUT2D eigenvalue weighted by Crippen LogP contribution is 2.36. The molecule has 2 saturated heterocycles. The first-order chi connectivity index (χ1) is 13.8. The molecule has 0 bridgehead atoms. The molecule has 0 amide bonds. The number of methoxy groups -OCH3 is 1. The van der Waals surface area contributed by atoms with E-state index in [1.807, 2.05) is 19.5 Å². The third-order valence-electron chi connectivity index (χ3n) is 5.98. The second-order valence-electron chi connectivity index (χ2n) is 7.77. The minimum atomic E-state index is -0.162. The zero-order valence-electron chi connectivity index (χ0n) is 16.6. The Morgan fingerprint density at radius 3 is 2.57 bits per heavy atom. The van der Waals surface area contributed by atoms with Gasteiger partial charge in [0, 0.05) is 57.9 Å². The van der Waals surface area contributed by atoms with Gasteiger partial charge in [0.25, 0.3) is 0 Å². The lowest BCUT2D eigenvalue weighted by molar-refractivity contribution is -0.0637. The fourth-order valence-electron chi connectivity index (χ4n) is 4.22. The van der Waals surface area contributed by atoms with Crippen molar-refractivity contribution in [3.8, 4) is 0 Å². The van der Waals surface area contributed by atoms with Crippen LogP contribution in [0.4, 0.5) is 5.95 Å². The van der Waals surface area contributed by atoms with Gasteiger partial charge in [-0.1, -0.05) is 30.3 Å². The number of likely N-dealkylation sites (tertiary alicyclic amines) is 1. The van der Waals surface area contributed by atoms with E-state index in [4.69, 9.17) is 9.47 Å². The summed E-state index contributed by atoms with van der Waals surface area (Å²) in [4.78, 5) is 11.4. The monoisotopic (exact) mass is 382 g/mol. The molecule has 1 atom stereocenters. The molecule has 1 aromatic carbocycles. The molecular weight excluding hydrogens is 352 g/mol. The largest absolute Gasteiger partial charge is 0.376 e. The van der Waals surface area contributed by atoms with E-state index < -0.39 is 0 Å². The Morgan fingerprint density at radius 2 is 1.93 bits per heavy atom. The molecular formula is C22H30N4O2. The lowest BCUT2D eigenvalue weighted by Crippen LogP contribution is -2.43. The Morgan fingerprint density at radius 1 is 1.18 bits per heavy atom. The molecule has 2 aliphatic rings. The van der Waals surface area contributed by atoms with Gasteiger partial charge in [-0.05, 0) is 31.2 Å². The van der Waals surface area contributed by atoms with Gasteiger partial charge < -0.3 is 14.8 Å². The summed E-state index contributed by atoms with van der Waals surface area (Å²) in [5, 5.41) is 3.28. The second-order valence-corrected chi connectivity index (χ2v) is 7.77. The van der Waals surface area contributed by atoms with Crippen LogP contribution >= 0.6 is 0 Å². The van der Waals surface area contributed by atoms with Crippen LogP contribution in [0.3, 0.4) is 0 Å². The van der Waals surface area contributed by atoms with Crippen molar-refractivity contribution in [3.63, 3.8) is 0 Å². The Bertz CT molecular complexity index is 724. The van der Waals surface area contributed by atoms with Gasteiger partial charge in [0.1, 0.15) is 0 Å². The number of anilines is 1. The van der Waals surface area contributed by atoms with Gasteiger partial charge in [-0.2, -0.15) is 0 Å². The predicted molar refractivity (Wildman–Crippen MR) is 109 cm³/mol. The summed E-state index contributed by atoms with van der Waals surface area (Å²) in [5.74, 6) is 0.681. The molecule has 1 unspecified atom stereocenters. The van der Waals surface area contributed by atoms with E-state index in [2.05, 4.69) is 50.5 Å². The molecule has 2 aromatic rings. The van der Waals surface area contributed by atoms with Gasteiger partial charge in [-0.25, -0.2) is 9.97 Å². The smallest absolute Gasteiger partial charge is 0.222 e. The van der Waals surface area contributed by atoms with E-state index in [0.717, 1.165) is 64.0 Å². The molecule has 0 radical (unpaired) electrons. The minimum absolute atomic E-state index is 0.162. The molecule has 3 heterocycles. The van der Waals surface area contributed by atoms with Gasteiger partial charge in [0.2, 0.25) is 5.95 Å². The van der Waals surface area contributed by atoms with Gasteiger partial charge in [-0.15, -0.1) is 0 Å². The fourth-order valence-corrected chi connectivity index (χ4v) is 4.22. The molecule has 0 aliphatic carbocycles. The highest BCUT2D eigenvalue weighted by Gasteiger charge is 2.36. The first-order valence-electron chi connectivity index (χ1n) is 10.3. The van der Waals surface area contributed by atoms with Gasteiger partial charge in [-0.3, -0.25) is 4.90 Å². The maximum Gasteiger partial charge on any atom is 0.222 e. The summed E-state index contributed by atoms with van der Waals surface area (Å²) in [6, 6.07) is 10.6. The van der Waals surface area contributed by atoms with Crippen molar-refractivity contribution in [3.05, 3.63) is 53.9 Å². The maximum absolute atomic E-state index is 5.98. The first kappa shape index (κ1) is 19.3. The average Bonchev–Trinajstić information content (AvgIpc) is 3.28. The molecule has 150 valence electrons. The van der Waals surface area contributed by atoms with Crippen LogP contribution < -0.4 is 5.32 Å². The minimum Gasteiger partial charge on any atom is -0.376 e. The van der Waals surface area contributed by atoms with Crippen LogP contribution in [0.1, 0.15) is 36.8 Å². The molecule has 6 heteroatoms. The molecule has 4 rings (SSSR count). The summed E-state index contributed by atoms with van der Waals surface area (Å²) < 4.78 is 11.6. The Labute approximate surface area is 167 Å². The first-order valence-corrected chi connectivity index (χ1v) is 10.3. The number of nitrogens with one attached hydrogen (secondary N) is 1. The van der Waals surface area contributed by atoms with Crippen molar-refractivity contribution < 1.29 is 9.47 Å².